The van der Waals surface area contributed by atoms with Crippen LogP contribution in [0.1, 0.15) is 101 Å². The van der Waals surface area contributed by atoms with Crippen molar-refractivity contribution < 1.29 is 57.8 Å². The van der Waals surface area contributed by atoms with Crippen LogP contribution in [-0.2, 0) is 47.6 Å². The molecule has 0 saturated carbocycles. The summed E-state index contributed by atoms with van der Waals surface area (Å²) in [5.74, 6) is -3.10. The van der Waals surface area contributed by atoms with Crippen LogP contribution in [0, 0.1) is 17.8 Å². The van der Waals surface area contributed by atoms with E-state index in [1.54, 1.807) is 34.7 Å². The van der Waals surface area contributed by atoms with Gasteiger partial charge in [-0.2, -0.15) is 11.8 Å². The van der Waals surface area contributed by atoms with Gasteiger partial charge in [0.2, 0.25) is 23.6 Å². The molecule has 4 amide bonds. The van der Waals surface area contributed by atoms with Crippen molar-refractivity contribution in [2.75, 3.05) is 52.8 Å². The van der Waals surface area contributed by atoms with Gasteiger partial charge in [-0.3, -0.25) is 19.2 Å². The minimum atomic E-state index is -1.64. The van der Waals surface area contributed by atoms with Gasteiger partial charge in [-0.05, 0) is 91.6 Å². The van der Waals surface area contributed by atoms with Crippen LogP contribution in [-0.4, -0.2) is 192 Å². The van der Waals surface area contributed by atoms with Crippen LogP contribution in [0.3, 0.4) is 0 Å². The van der Waals surface area contributed by atoms with Gasteiger partial charge in [-0.15, -0.1) is 0 Å². The van der Waals surface area contributed by atoms with E-state index in [0.717, 1.165) is 0 Å². The molecule has 64 heavy (non-hydrogen) atoms. The fourth-order valence-electron chi connectivity index (χ4n) is 10.3. The summed E-state index contributed by atoms with van der Waals surface area (Å²) in [7, 11) is 5.10. The topological polar surface area (TPSA) is 210 Å². The average Bonchev–Trinajstić information content (AvgIpc) is 3.84. The SMILES string of the molecule is COC1(C)C[C@H](O[C@H]2C(C)C(=O)NC(CCSC)C(=O)N3CCC[C@H]3C(=O)NCC(=O)N(C)C[C@H](C)CC(C)(O)[C@H](O[C@@H]3OC(C)CC4[C@H]3OC(=NC(C)C)N4C)[C@H]2C)OC(C)[C@@H]1O. The first-order valence-electron chi connectivity index (χ1n) is 23.2. The number of aliphatic hydroxyl groups excluding tert-OH is 1. The normalized spacial score (nSPS) is 41.8. The number of amidine groups is 1. The van der Waals surface area contributed by atoms with E-state index in [-0.39, 0.29) is 61.9 Å². The lowest BCUT2D eigenvalue weighted by atomic mass is 9.77. The number of aliphatic hydroxyl groups is 2. The summed E-state index contributed by atoms with van der Waals surface area (Å²) < 4.78 is 39.1. The van der Waals surface area contributed by atoms with Gasteiger partial charge >= 0.3 is 0 Å². The number of rotatable bonds is 9. The highest BCUT2D eigenvalue weighted by molar-refractivity contribution is 7.98. The fraction of sp³-hybridized carbons (Fsp3) is 0.889. The van der Waals surface area contributed by atoms with Crippen LogP contribution < -0.4 is 10.6 Å². The van der Waals surface area contributed by atoms with E-state index in [4.69, 9.17) is 33.4 Å². The molecule has 0 aliphatic carbocycles. The van der Waals surface area contributed by atoms with Gasteiger partial charge in [0.25, 0.3) is 6.02 Å². The molecule has 5 heterocycles. The first-order valence-corrected chi connectivity index (χ1v) is 24.6. The molecule has 0 radical (unpaired) electrons. The Bertz CT molecular complexity index is 1660. The van der Waals surface area contributed by atoms with Gasteiger partial charge < -0.3 is 64.0 Å². The van der Waals surface area contributed by atoms with E-state index in [1.165, 1.54) is 28.7 Å². The quantitative estimate of drug-likeness (QED) is 0.261. The third-order valence-corrected chi connectivity index (χ3v) is 14.5. The number of carbonyl (C=O) groups excluding carboxylic acids is 4. The minimum absolute atomic E-state index is 0.0336. The van der Waals surface area contributed by atoms with Crippen LogP contribution in [0.5, 0.6) is 0 Å². The Morgan fingerprint density at radius 3 is 2.38 bits per heavy atom. The molecule has 366 valence electrons. The van der Waals surface area contributed by atoms with Gasteiger partial charge in [0.15, 0.2) is 18.7 Å². The number of carbonyl (C=O) groups is 4. The molecule has 5 saturated heterocycles. The molecule has 0 aromatic heterocycles. The lowest BCUT2D eigenvalue weighted by molar-refractivity contribution is -0.313. The number of fused-ring (bicyclic) bond motifs is 2. The lowest BCUT2D eigenvalue weighted by Crippen LogP contribution is -2.60. The fourth-order valence-corrected chi connectivity index (χ4v) is 10.7. The van der Waals surface area contributed by atoms with E-state index < -0.39 is 90.0 Å². The molecule has 5 aliphatic rings. The zero-order chi connectivity index (χ0) is 47.4. The van der Waals surface area contributed by atoms with Gasteiger partial charge in [0, 0.05) is 52.7 Å². The standard InChI is InChI=1S/C45H78N6O12S/c1-24(2)47-43-50(11)32-19-26(4)59-42(36(32)62-43)63-38-27(5)35(61-34-21-45(9,58-12)37(53)29(7)60-34)28(6)39(54)48-30(16-18-64-13)41(56)51-17-14-15-31(51)40(55)46-22-33(52)49(10)23-25(3)20-44(38,8)57/h24-32,34-38,42,53,57H,14-23H2,1-13H3,(H,46,55)(H,48,54)/t25-,26?,27+,28?,29?,30?,31+,32?,34+,35-,36-,37+,38-,42+,44?,45?/m1/s1. The van der Waals surface area contributed by atoms with Gasteiger partial charge in [0.1, 0.15) is 18.2 Å². The third kappa shape index (κ3) is 12.0. The predicted octanol–water partition coefficient (Wildman–Crippen LogP) is 2.12. The molecule has 5 aliphatic heterocycles. The second-order valence-corrected chi connectivity index (χ2v) is 20.7. The van der Waals surface area contributed by atoms with E-state index >= 15 is 0 Å². The molecule has 0 aromatic rings. The van der Waals surface area contributed by atoms with Crippen molar-refractivity contribution in [3.05, 3.63) is 0 Å². The zero-order valence-electron chi connectivity index (χ0n) is 40.4. The summed E-state index contributed by atoms with van der Waals surface area (Å²) in [5, 5.41) is 29.8. The van der Waals surface area contributed by atoms with Crippen molar-refractivity contribution in [3.63, 3.8) is 0 Å². The molecule has 5 fully saturated rings. The number of hydrogen-bond donors (Lipinski definition) is 4. The Morgan fingerprint density at radius 2 is 1.72 bits per heavy atom. The van der Waals surface area contributed by atoms with E-state index in [2.05, 4.69) is 10.6 Å². The number of ether oxygens (including phenoxy) is 6. The second-order valence-electron chi connectivity index (χ2n) is 19.7. The van der Waals surface area contributed by atoms with Gasteiger partial charge in [-0.25, -0.2) is 4.99 Å². The Hall–Kier alpha value is -2.78. The smallest absolute Gasteiger partial charge is 0.288 e. The highest BCUT2D eigenvalue weighted by atomic mass is 32.2. The number of likely N-dealkylation sites (N-methyl/N-ethyl adjacent to an activating group) is 2. The van der Waals surface area contributed by atoms with E-state index in [0.29, 0.717) is 44.0 Å². The van der Waals surface area contributed by atoms with Crippen molar-refractivity contribution in [1.82, 2.24) is 25.3 Å². The van der Waals surface area contributed by atoms with Crippen molar-refractivity contribution in [1.29, 1.82) is 0 Å². The minimum Gasteiger partial charge on any atom is -0.454 e. The Labute approximate surface area is 384 Å². The van der Waals surface area contributed by atoms with Crippen molar-refractivity contribution in [2.45, 2.75) is 185 Å². The highest BCUT2D eigenvalue weighted by Gasteiger charge is 2.54. The highest BCUT2D eigenvalue weighted by Crippen LogP contribution is 2.41. The van der Waals surface area contributed by atoms with Gasteiger partial charge in [0.05, 0.1) is 54.1 Å². The molecule has 18 nitrogen and oxygen atoms in total. The molecule has 0 bridgehead atoms. The zero-order valence-corrected chi connectivity index (χ0v) is 41.2. The monoisotopic (exact) mass is 927 g/mol. The van der Waals surface area contributed by atoms with Crippen LogP contribution >= 0.6 is 11.8 Å². The van der Waals surface area contributed by atoms with Crippen molar-refractivity contribution in [2.24, 2.45) is 22.7 Å². The van der Waals surface area contributed by atoms with Crippen LogP contribution in [0.25, 0.3) is 0 Å². The van der Waals surface area contributed by atoms with Crippen molar-refractivity contribution >= 4 is 41.4 Å². The third-order valence-electron chi connectivity index (χ3n) is 13.8. The summed E-state index contributed by atoms with van der Waals surface area (Å²) in [6.45, 7) is 16.9. The summed E-state index contributed by atoms with van der Waals surface area (Å²) in [5.41, 5.74) is -2.70. The number of nitrogens with zero attached hydrogens (tertiary/aromatic N) is 4. The number of thioether (sulfide) groups is 1. The Kier molecular flexibility index (Phi) is 17.9. The molecule has 4 N–H and O–H groups in total. The van der Waals surface area contributed by atoms with Crippen LogP contribution in [0.15, 0.2) is 4.99 Å². The summed E-state index contributed by atoms with van der Waals surface area (Å²) in [4.78, 5) is 66.0. The van der Waals surface area contributed by atoms with E-state index in [9.17, 15) is 29.4 Å². The predicted molar refractivity (Wildman–Crippen MR) is 241 cm³/mol. The van der Waals surface area contributed by atoms with Gasteiger partial charge in [-0.1, -0.05) is 20.8 Å². The second kappa shape index (κ2) is 21.9. The maximum Gasteiger partial charge on any atom is 0.288 e. The summed E-state index contributed by atoms with van der Waals surface area (Å²) in [6.07, 6.45) is -2.47. The molecule has 16 atom stereocenters. The maximum atomic E-state index is 14.8. The number of amides is 4. The molecule has 0 aromatic carbocycles. The molecule has 19 heteroatoms. The molecule has 0 spiro atoms. The molecular weight excluding hydrogens is 849 g/mol. The number of hydrogen-bond acceptors (Lipinski definition) is 14. The molecular formula is C45H78N6O12S. The largest absolute Gasteiger partial charge is 0.454 e. The van der Waals surface area contributed by atoms with Crippen LogP contribution in [0.4, 0.5) is 0 Å². The number of nitrogens with one attached hydrogen (secondary N) is 2. The molecule has 7 unspecified atom stereocenters. The van der Waals surface area contributed by atoms with Crippen LogP contribution in [0.2, 0.25) is 0 Å². The Balaban J connectivity index is 1.60. The maximum absolute atomic E-state index is 14.8. The van der Waals surface area contributed by atoms with E-state index in [1.807, 2.05) is 52.8 Å². The number of methoxy groups -OCH3 is 1. The van der Waals surface area contributed by atoms with Crippen molar-refractivity contribution in [3.8, 4) is 0 Å². The summed E-state index contributed by atoms with van der Waals surface area (Å²) >= 11 is 1.53. The lowest BCUT2D eigenvalue weighted by Gasteiger charge is -2.48. The average molecular weight is 927 g/mol. The summed E-state index contributed by atoms with van der Waals surface area (Å²) in [6, 6.07) is -1.47. The number of aliphatic imine (C=N–C) groups is 1. The molecule has 5 rings (SSSR count). The first kappa shape index (κ1) is 52.2. The first-order chi connectivity index (χ1) is 30.0. The Morgan fingerprint density at radius 1 is 1.02 bits per heavy atom.